The maximum absolute atomic E-state index is 9.37. The Morgan fingerprint density at radius 2 is 2.07 bits per heavy atom. The number of para-hydroxylation sites is 1. The molecule has 2 aromatic rings. The molecule has 0 spiro atoms. The number of pyridine rings is 1. The minimum absolute atomic E-state index is 0.00188. The third kappa shape index (κ3) is 3.43. The lowest BCUT2D eigenvalue weighted by atomic mass is 9.94. The molecule has 0 saturated carbocycles. The third-order valence-electron chi connectivity index (χ3n) is 3.91. The van der Waals surface area contributed by atoms with E-state index >= 15 is 0 Å². The summed E-state index contributed by atoms with van der Waals surface area (Å²) in [4.78, 5) is 8.76. The Kier molecular flexibility index (Phi) is 5.29. The highest BCUT2D eigenvalue weighted by molar-refractivity contribution is 9.09. The monoisotopic (exact) mass is 426 g/mol. The SMILES string of the molecule is N#CNC1=NC(c2ccccc2OCCBr)c2c(nc(N)c(C#N)c2N)N1. The van der Waals surface area contributed by atoms with Gasteiger partial charge in [0.2, 0.25) is 5.96 Å². The number of halogens is 1. The number of aliphatic imine (C=N–C) groups is 1. The highest BCUT2D eigenvalue weighted by atomic mass is 79.9. The van der Waals surface area contributed by atoms with Crippen LogP contribution in [0.1, 0.15) is 22.7 Å². The molecule has 6 N–H and O–H groups in total. The zero-order valence-electron chi connectivity index (χ0n) is 14.0. The van der Waals surface area contributed by atoms with Crippen molar-refractivity contribution in [2.75, 3.05) is 28.7 Å². The Labute approximate surface area is 163 Å². The van der Waals surface area contributed by atoms with E-state index in [9.17, 15) is 5.26 Å². The molecule has 0 aliphatic carbocycles. The van der Waals surface area contributed by atoms with Crippen LogP contribution in [0.3, 0.4) is 0 Å². The van der Waals surface area contributed by atoms with Gasteiger partial charge in [0.1, 0.15) is 35.1 Å². The van der Waals surface area contributed by atoms with Crippen LogP contribution in [0.2, 0.25) is 0 Å². The number of hydrogen-bond acceptors (Lipinski definition) is 9. The highest BCUT2D eigenvalue weighted by Crippen LogP contribution is 2.42. The van der Waals surface area contributed by atoms with E-state index in [0.717, 1.165) is 5.56 Å². The van der Waals surface area contributed by atoms with Crippen molar-refractivity contribution < 1.29 is 4.74 Å². The number of fused-ring (bicyclic) bond motifs is 1. The van der Waals surface area contributed by atoms with Gasteiger partial charge >= 0.3 is 0 Å². The van der Waals surface area contributed by atoms with E-state index in [-0.39, 0.29) is 23.0 Å². The molecule has 1 aliphatic heterocycles. The molecule has 1 aliphatic rings. The first-order chi connectivity index (χ1) is 13.1. The van der Waals surface area contributed by atoms with Crippen LogP contribution in [0.15, 0.2) is 29.3 Å². The van der Waals surface area contributed by atoms with E-state index < -0.39 is 6.04 Å². The Morgan fingerprint density at radius 3 is 2.78 bits per heavy atom. The second kappa shape index (κ2) is 7.81. The van der Waals surface area contributed by atoms with Gasteiger partial charge in [0.25, 0.3) is 0 Å². The molecular weight excluding hydrogens is 412 g/mol. The molecule has 1 aromatic carbocycles. The van der Waals surface area contributed by atoms with E-state index in [4.69, 9.17) is 21.5 Å². The molecule has 1 aromatic heterocycles. The molecule has 0 amide bonds. The summed E-state index contributed by atoms with van der Waals surface area (Å²) in [5.74, 6) is 1.14. The van der Waals surface area contributed by atoms with Crippen molar-refractivity contribution in [1.82, 2.24) is 10.3 Å². The minimum Gasteiger partial charge on any atom is -0.492 e. The smallest absolute Gasteiger partial charge is 0.211 e. The summed E-state index contributed by atoms with van der Waals surface area (Å²) < 4.78 is 5.80. The standard InChI is InChI=1S/C17H15BrN8O/c18-5-6-27-11-4-2-1-3-9(11)14-12-13(21)10(7-19)15(22)25-16(12)26-17(24-14)23-8-20/h1-4,14H,5-6H2,(H6,21,22,23,24,25,26). The summed E-state index contributed by atoms with van der Waals surface area (Å²) in [5.41, 5.74) is 13.6. The van der Waals surface area contributed by atoms with Crippen LogP contribution in [0.4, 0.5) is 17.3 Å². The van der Waals surface area contributed by atoms with E-state index in [0.29, 0.717) is 29.1 Å². The summed E-state index contributed by atoms with van der Waals surface area (Å²) in [7, 11) is 0. The Bertz CT molecular complexity index is 992. The van der Waals surface area contributed by atoms with E-state index in [1.54, 1.807) is 0 Å². The van der Waals surface area contributed by atoms with E-state index in [1.165, 1.54) is 0 Å². The molecule has 0 saturated heterocycles. The molecule has 2 heterocycles. The van der Waals surface area contributed by atoms with E-state index in [2.05, 4.69) is 36.5 Å². The number of hydrogen-bond donors (Lipinski definition) is 4. The number of guanidine groups is 1. The van der Waals surface area contributed by atoms with Gasteiger partial charge in [-0.25, -0.2) is 9.98 Å². The summed E-state index contributed by atoms with van der Waals surface area (Å²) in [6, 6.07) is 8.70. The number of anilines is 3. The van der Waals surface area contributed by atoms with Gasteiger partial charge in [-0.3, -0.25) is 5.32 Å². The number of nitrogens with zero attached hydrogens (tertiary/aromatic N) is 4. The number of nitrogens with two attached hydrogens (primary N) is 2. The van der Waals surface area contributed by atoms with Crippen LogP contribution >= 0.6 is 15.9 Å². The van der Waals surface area contributed by atoms with Gasteiger partial charge in [0, 0.05) is 16.5 Å². The number of ether oxygens (including phenoxy) is 1. The molecule has 0 fully saturated rings. The van der Waals surface area contributed by atoms with Gasteiger partial charge in [0.15, 0.2) is 6.19 Å². The van der Waals surface area contributed by atoms with Crippen LogP contribution in [-0.2, 0) is 0 Å². The van der Waals surface area contributed by atoms with Crippen molar-refractivity contribution in [2.24, 2.45) is 4.99 Å². The first kappa shape index (κ1) is 18.3. The zero-order valence-corrected chi connectivity index (χ0v) is 15.6. The molecule has 1 unspecified atom stereocenters. The molecule has 3 rings (SSSR count). The fraction of sp³-hybridized carbons (Fsp3) is 0.176. The second-order valence-electron chi connectivity index (χ2n) is 5.48. The first-order valence-corrected chi connectivity index (χ1v) is 8.99. The zero-order chi connectivity index (χ0) is 19.4. The molecular formula is C17H15BrN8O. The topological polar surface area (TPSA) is 158 Å². The molecule has 27 heavy (non-hydrogen) atoms. The lowest BCUT2D eigenvalue weighted by Crippen LogP contribution is -2.32. The predicted octanol–water partition coefficient (Wildman–Crippen LogP) is 1.83. The van der Waals surface area contributed by atoms with Gasteiger partial charge in [-0.1, -0.05) is 34.1 Å². The van der Waals surface area contributed by atoms with Crippen LogP contribution < -0.4 is 26.8 Å². The lowest BCUT2D eigenvalue weighted by molar-refractivity contribution is 0.340. The largest absolute Gasteiger partial charge is 0.492 e. The quantitative estimate of drug-likeness (QED) is 0.327. The second-order valence-corrected chi connectivity index (χ2v) is 6.27. The fourth-order valence-electron chi connectivity index (χ4n) is 2.79. The number of aromatic nitrogens is 1. The van der Waals surface area contributed by atoms with Crippen LogP contribution in [0, 0.1) is 22.8 Å². The number of nitriles is 2. The van der Waals surface area contributed by atoms with Crippen LogP contribution in [-0.4, -0.2) is 22.9 Å². The van der Waals surface area contributed by atoms with Crippen molar-refractivity contribution in [3.63, 3.8) is 0 Å². The maximum atomic E-state index is 9.37. The summed E-state index contributed by atoms with van der Waals surface area (Å²) in [5, 5.41) is 24.3. The Morgan fingerprint density at radius 1 is 1.30 bits per heavy atom. The summed E-state index contributed by atoms with van der Waals surface area (Å²) >= 11 is 3.33. The average Bonchev–Trinajstić information content (AvgIpc) is 2.66. The summed E-state index contributed by atoms with van der Waals surface area (Å²) in [6.07, 6.45) is 1.82. The molecule has 9 nitrogen and oxygen atoms in total. The molecule has 136 valence electrons. The Hall–Kier alpha value is -3.50. The normalized spacial score (nSPS) is 14.8. The van der Waals surface area contributed by atoms with Crippen molar-refractivity contribution >= 4 is 39.2 Å². The van der Waals surface area contributed by atoms with Crippen molar-refractivity contribution in [1.29, 1.82) is 10.5 Å². The highest BCUT2D eigenvalue weighted by Gasteiger charge is 2.31. The predicted molar refractivity (Wildman–Crippen MR) is 105 cm³/mol. The number of benzene rings is 1. The molecule has 0 radical (unpaired) electrons. The van der Waals surface area contributed by atoms with Gasteiger partial charge in [-0.05, 0) is 6.07 Å². The van der Waals surface area contributed by atoms with Gasteiger partial charge in [-0.15, -0.1) is 0 Å². The first-order valence-electron chi connectivity index (χ1n) is 7.87. The summed E-state index contributed by atoms with van der Waals surface area (Å²) in [6.45, 7) is 0.459. The maximum Gasteiger partial charge on any atom is 0.211 e. The van der Waals surface area contributed by atoms with Crippen LogP contribution in [0.5, 0.6) is 5.75 Å². The number of alkyl halides is 1. The van der Waals surface area contributed by atoms with Crippen LogP contribution in [0.25, 0.3) is 0 Å². The minimum atomic E-state index is -0.635. The van der Waals surface area contributed by atoms with E-state index in [1.807, 2.05) is 36.5 Å². The number of nitrogen functional groups attached to an aromatic ring is 2. The average molecular weight is 427 g/mol. The van der Waals surface area contributed by atoms with Gasteiger partial charge < -0.3 is 21.5 Å². The molecule has 0 bridgehead atoms. The number of nitrogens with one attached hydrogen (secondary N) is 2. The molecule has 1 atom stereocenters. The van der Waals surface area contributed by atoms with Gasteiger partial charge in [-0.2, -0.15) is 10.5 Å². The molecule has 10 heteroatoms. The van der Waals surface area contributed by atoms with Crippen molar-refractivity contribution in [2.45, 2.75) is 6.04 Å². The Balaban J connectivity index is 2.21. The fourth-order valence-corrected chi connectivity index (χ4v) is 2.95. The van der Waals surface area contributed by atoms with Crippen molar-refractivity contribution in [3.05, 3.63) is 41.0 Å². The third-order valence-corrected chi connectivity index (χ3v) is 4.23. The number of rotatable bonds is 4. The lowest BCUT2D eigenvalue weighted by Gasteiger charge is -2.27. The van der Waals surface area contributed by atoms with Gasteiger partial charge in [0.05, 0.1) is 12.3 Å². The van der Waals surface area contributed by atoms with Crippen molar-refractivity contribution in [3.8, 4) is 18.0 Å².